The average molecular weight is 420 g/mol. The van der Waals surface area contributed by atoms with Gasteiger partial charge in [0.1, 0.15) is 0 Å². The number of rotatable bonds is 9. The molecule has 0 fully saturated rings. The van der Waals surface area contributed by atoms with Crippen LogP contribution in [0.3, 0.4) is 0 Å². The van der Waals surface area contributed by atoms with Crippen molar-refractivity contribution < 1.29 is 19.1 Å². The molecule has 0 aliphatic rings. The predicted molar refractivity (Wildman–Crippen MR) is 111 cm³/mol. The van der Waals surface area contributed by atoms with Gasteiger partial charge in [0.25, 0.3) is 5.91 Å². The van der Waals surface area contributed by atoms with Gasteiger partial charge in [-0.1, -0.05) is 35.9 Å². The quantitative estimate of drug-likeness (QED) is 0.369. The van der Waals surface area contributed by atoms with Gasteiger partial charge in [-0.15, -0.1) is 11.8 Å². The van der Waals surface area contributed by atoms with E-state index in [9.17, 15) is 14.4 Å². The van der Waals surface area contributed by atoms with Crippen LogP contribution in [0.4, 0.5) is 0 Å². The summed E-state index contributed by atoms with van der Waals surface area (Å²) in [6, 6.07) is 14.1. The highest BCUT2D eigenvalue weighted by Gasteiger charge is 2.14. The molecule has 0 bridgehead atoms. The van der Waals surface area contributed by atoms with Crippen molar-refractivity contribution in [3.8, 4) is 0 Å². The monoisotopic (exact) mass is 419 g/mol. The summed E-state index contributed by atoms with van der Waals surface area (Å²) >= 11 is 7.53. The molecule has 0 aliphatic carbocycles. The van der Waals surface area contributed by atoms with Crippen LogP contribution in [0, 0.1) is 0 Å². The summed E-state index contributed by atoms with van der Waals surface area (Å²) in [5, 5.41) is 3.32. The lowest BCUT2D eigenvalue weighted by Gasteiger charge is -2.14. The van der Waals surface area contributed by atoms with Crippen LogP contribution in [0.25, 0.3) is 0 Å². The zero-order valence-electron chi connectivity index (χ0n) is 15.7. The zero-order chi connectivity index (χ0) is 20.5. The number of hydrogen-bond donors (Lipinski definition) is 1. The maximum Gasteiger partial charge on any atom is 0.306 e. The number of carbonyl (C=O) groups is 3. The second kappa shape index (κ2) is 10.9. The van der Waals surface area contributed by atoms with Crippen LogP contribution in [-0.2, 0) is 14.3 Å². The molecule has 1 N–H and O–H groups in total. The number of ketones is 1. The zero-order valence-corrected chi connectivity index (χ0v) is 17.3. The van der Waals surface area contributed by atoms with Crippen molar-refractivity contribution in [2.45, 2.75) is 30.7 Å². The highest BCUT2D eigenvalue weighted by Crippen LogP contribution is 2.17. The first-order valence-corrected chi connectivity index (χ1v) is 10.4. The van der Waals surface area contributed by atoms with Crippen molar-refractivity contribution >= 4 is 41.0 Å². The number of Topliss-reactive ketones (excluding diaryl/α,β-unsaturated/α-hetero) is 1. The molecule has 5 nitrogen and oxygen atoms in total. The summed E-state index contributed by atoms with van der Waals surface area (Å²) < 4.78 is 4.95. The number of benzene rings is 2. The van der Waals surface area contributed by atoms with Gasteiger partial charge in [-0.2, -0.15) is 0 Å². The third-order valence-electron chi connectivity index (χ3n) is 4.06. The number of amides is 1. The summed E-state index contributed by atoms with van der Waals surface area (Å²) in [4.78, 5) is 36.9. The van der Waals surface area contributed by atoms with Gasteiger partial charge >= 0.3 is 5.97 Å². The number of halogens is 1. The van der Waals surface area contributed by atoms with Crippen LogP contribution in [0.5, 0.6) is 0 Å². The number of ether oxygens (including phenoxy) is 1. The molecule has 0 unspecified atom stereocenters. The normalized spacial score (nSPS) is 11.5. The minimum atomic E-state index is -0.584. The van der Waals surface area contributed by atoms with E-state index >= 15 is 0 Å². The fourth-order valence-electron chi connectivity index (χ4n) is 2.50. The molecule has 1 atom stereocenters. The van der Waals surface area contributed by atoms with E-state index in [1.54, 1.807) is 42.1 Å². The van der Waals surface area contributed by atoms with Crippen molar-refractivity contribution in [3.63, 3.8) is 0 Å². The summed E-state index contributed by atoms with van der Waals surface area (Å²) in [5.41, 5.74) is 1.41. The highest BCUT2D eigenvalue weighted by atomic mass is 35.5. The van der Waals surface area contributed by atoms with Crippen LogP contribution >= 0.6 is 23.4 Å². The highest BCUT2D eigenvalue weighted by molar-refractivity contribution is 7.98. The van der Waals surface area contributed by atoms with E-state index in [4.69, 9.17) is 16.3 Å². The topological polar surface area (TPSA) is 72.5 Å². The Labute approximate surface area is 173 Å². The first-order chi connectivity index (χ1) is 13.4. The molecule has 2 aromatic carbocycles. The van der Waals surface area contributed by atoms with E-state index < -0.39 is 11.9 Å². The molecule has 0 saturated heterocycles. The SMILES string of the molecule is CSc1ccc(C(=O)CCC(=O)OCC(=O)N[C@@H](C)c2cccc(Cl)c2)cc1. The number of esters is 1. The Hall–Kier alpha value is -2.31. The van der Waals surface area contributed by atoms with Crippen LogP contribution in [0.15, 0.2) is 53.4 Å². The Morgan fingerprint density at radius 2 is 1.82 bits per heavy atom. The molecule has 0 heterocycles. The lowest BCUT2D eigenvalue weighted by molar-refractivity contribution is -0.148. The van der Waals surface area contributed by atoms with Gasteiger partial charge < -0.3 is 10.1 Å². The standard InChI is InChI=1S/C21H22ClNO4S/c1-14(16-4-3-5-17(22)12-16)23-20(25)13-27-21(26)11-10-19(24)15-6-8-18(28-2)9-7-15/h3-9,12,14H,10-11,13H2,1-2H3,(H,23,25)/t14-/m0/s1. The first kappa shape index (κ1) is 22.0. The van der Waals surface area contributed by atoms with E-state index in [1.807, 2.05) is 31.4 Å². The maximum atomic E-state index is 12.1. The van der Waals surface area contributed by atoms with Gasteiger partial charge in [-0.05, 0) is 43.0 Å². The Kier molecular flexibility index (Phi) is 8.54. The number of thioether (sulfide) groups is 1. The Morgan fingerprint density at radius 1 is 1.11 bits per heavy atom. The molecule has 2 aromatic rings. The summed E-state index contributed by atoms with van der Waals surface area (Å²) in [6.07, 6.45) is 1.93. The van der Waals surface area contributed by atoms with Crippen LogP contribution < -0.4 is 5.32 Å². The van der Waals surface area contributed by atoms with Gasteiger partial charge in [-0.25, -0.2) is 0 Å². The van der Waals surface area contributed by atoms with E-state index in [-0.39, 0.29) is 31.3 Å². The van der Waals surface area contributed by atoms with Crippen molar-refractivity contribution in [1.82, 2.24) is 5.32 Å². The number of hydrogen-bond acceptors (Lipinski definition) is 5. The van der Waals surface area contributed by atoms with E-state index in [0.29, 0.717) is 10.6 Å². The lowest BCUT2D eigenvalue weighted by atomic mass is 10.1. The molecule has 0 aliphatic heterocycles. The molecule has 0 saturated carbocycles. The van der Waals surface area contributed by atoms with Gasteiger partial charge in [0.05, 0.1) is 12.5 Å². The van der Waals surface area contributed by atoms with Crippen molar-refractivity contribution in [1.29, 1.82) is 0 Å². The summed E-state index contributed by atoms with van der Waals surface area (Å²) in [5.74, 6) is -1.14. The molecule has 148 valence electrons. The van der Waals surface area contributed by atoms with Crippen molar-refractivity contribution in [3.05, 3.63) is 64.7 Å². The van der Waals surface area contributed by atoms with Crippen molar-refractivity contribution in [2.24, 2.45) is 0 Å². The maximum absolute atomic E-state index is 12.1. The third kappa shape index (κ3) is 7.02. The largest absolute Gasteiger partial charge is 0.456 e. The molecule has 0 spiro atoms. The first-order valence-electron chi connectivity index (χ1n) is 8.76. The Balaban J connectivity index is 1.72. The molecule has 7 heteroatoms. The number of nitrogens with one attached hydrogen (secondary N) is 1. The summed E-state index contributed by atoms with van der Waals surface area (Å²) in [7, 11) is 0. The Morgan fingerprint density at radius 3 is 2.46 bits per heavy atom. The minimum Gasteiger partial charge on any atom is -0.456 e. The molecule has 0 aromatic heterocycles. The van der Waals surface area contributed by atoms with Crippen LogP contribution in [0.1, 0.15) is 41.7 Å². The predicted octanol–water partition coefficient (Wildman–Crippen LogP) is 4.45. The molecular formula is C21H22ClNO4S. The van der Waals surface area contributed by atoms with E-state index in [1.165, 1.54) is 0 Å². The second-order valence-corrected chi connectivity index (χ2v) is 7.47. The van der Waals surface area contributed by atoms with Gasteiger partial charge in [0.2, 0.25) is 0 Å². The fraction of sp³-hybridized carbons (Fsp3) is 0.286. The molecular weight excluding hydrogens is 398 g/mol. The van der Waals surface area contributed by atoms with Gasteiger partial charge in [0, 0.05) is 21.9 Å². The second-order valence-electron chi connectivity index (χ2n) is 6.16. The lowest BCUT2D eigenvalue weighted by Crippen LogP contribution is -2.31. The molecule has 0 radical (unpaired) electrons. The van der Waals surface area contributed by atoms with E-state index in [2.05, 4.69) is 5.32 Å². The van der Waals surface area contributed by atoms with Crippen LogP contribution in [0.2, 0.25) is 5.02 Å². The summed E-state index contributed by atoms with van der Waals surface area (Å²) in [6.45, 7) is 1.42. The Bertz CT molecular complexity index is 839. The average Bonchev–Trinajstić information content (AvgIpc) is 2.70. The molecule has 2 rings (SSSR count). The van der Waals surface area contributed by atoms with Crippen molar-refractivity contribution in [2.75, 3.05) is 12.9 Å². The van der Waals surface area contributed by atoms with Gasteiger partial charge in [0.15, 0.2) is 12.4 Å². The minimum absolute atomic E-state index is 0.0397. The van der Waals surface area contributed by atoms with Crippen LogP contribution in [-0.4, -0.2) is 30.5 Å². The number of carbonyl (C=O) groups excluding carboxylic acids is 3. The molecule has 28 heavy (non-hydrogen) atoms. The molecule has 1 amide bonds. The smallest absolute Gasteiger partial charge is 0.306 e. The third-order valence-corrected chi connectivity index (χ3v) is 5.04. The van der Waals surface area contributed by atoms with E-state index in [0.717, 1.165) is 10.5 Å². The fourth-order valence-corrected chi connectivity index (χ4v) is 3.10. The van der Waals surface area contributed by atoms with Gasteiger partial charge in [-0.3, -0.25) is 14.4 Å².